The summed E-state index contributed by atoms with van der Waals surface area (Å²) in [4.78, 5) is 29.5. The molecular weight excluding hydrogens is 430 g/mol. The summed E-state index contributed by atoms with van der Waals surface area (Å²) in [5.74, 6) is -0.233. The maximum atomic E-state index is 12.7. The zero-order valence-corrected chi connectivity index (χ0v) is 18.4. The first-order chi connectivity index (χ1) is 15.2. The number of carbonyl (C=O) groups is 2. The molecule has 32 heavy (non-hydrogen) atoms. The topological polar surface area (TPSA) is 121 Å². The Labute approximate surface area is 186 Å². The maximum Gasteiger partial charge on any atom is 0.319 e. The molecular formula is C22H23N5O4S. The summed E-state index contributed by atoms with van der Waals surface area (Å²) in [6.07, 6.45) is 3.30. The number of pyridine rings is 1. The number of sulfonamides is 1. The number of hydrogen-bond acceptors (Lipinski definition) is 5. The third kappa shape index (κ3) is 6.05. The van der Waals surface area contributed by atoms with E-state index in [0.29, 0.717) is 17.8 Å². The lowest BCUT2D eigenvalue weighted by molar-refractivity contribution is 0.0827. The molecule has 0 saturated carbocycles. The van der Waals surface area contributed by atoms with Crippen LogP contribution in [0.3, 0.4) is 0 Å². The first-order valence-electron chi connectivity index (χ1n) is 9.63. The van der Waals surface area contributed by atoms with Crippen molar-refractivity contribution in [1.29, 1.82) is 0 Å². The van der Waals surface area contributed by atoms with Gasteiger partial charge in [0.2, 0.25) is 0 Å². The summed E-state index contributed by atoms with van der Waals surface area (Å²) >= 11 is 0. The van der Waals surface area contributed by atoms with Crippen molar-refractivity contribution in [3.05, 3.63) is 84.2 Å². The Hall–Kier alpha value is -3.92. The van der Waals surface area contributed by atoms with Crippen molar-refractivity contribution in [1.82, 2.24) is 15.2 Å². The number of benzene rings is 2. The Bertz CT molecular complexity index is 1200. The van der Waals surface area contributed by atoms with Gasteiger partial charge in [0.1, 0.15) is 0 Å². The zero-order chi connectivity index (χ0) is 23.1. The summed E-state index contributed by atoms with van der Waals surface area (Å²) in [6.45, 7) is 0.311. The number of hydrogen-bond donors (Lipinski definition) is 3. The van der Waals surface area contributed by atoms with Crippen LogP contribution in [0.25, 0.3) is 0 Å². The average Bonchev–Trinajstić information content (AvgIpc) is 2.78. The van der Waals surface area contributed by atoms with Crippen molar-refractivity contribution >= 4 is 33.3 Å². The number of nitrogens with one attached hydrogen (secondary N) is 3. The van der Waals surface area contributed by atoms with Crippen molar-refractivity contribution in [3.63, 3.8) is 0 Å². The fourth-order valence-electron chi connectivity index (χ4n) is 2.77. The molecule has 3 amide bonds. The second kappa shape index (κ2) is 9.92. The lowest BCUT2D eigenvalue weighted by atomic mass is 10.2. The van der Waals surface area contributed by atoms with E-state index < -0.39 is 16.1 Å². The van der Waals surface area contributed by atoms with E-state index in [4.69, 9.17) is 0 Å². The molecule has 2 aromatic carbocycles. The van der Waals surface area contributed by atoms with Gasteiger partial charge >= 0.3 is 6.03 Å². The zero-order valence-electron chi connectivity index (χ0n) is 17.6. The number of rotatable bonds is 7. The molecule has 3 rings (SSSR count). The third-order valence-electron chi connectivity index (χ3n) is 4.37. The first-order valence-corrected chi connectivity index (χ1v) is 11.1. The van der Waals surface area contributed by atoms with Gasteiger partial charge in [-0.3, -0.25) is 14.5 Å². The Kier molecular flexibility index (Phi) is 7.06. The molecule has 0 aliphatic rings. The van der Waals surface area contributed by atoms with Crippen molar-refractivity contribution in [2.75, 3.05) is 24.1 Å². The van der Waals surface area contributed by atoms with Gasteiger partial charge in [0.15, 0.2) is 0 Å². The minimum absolute atomic E-state index is 0.0168. The van der Waals surface area contributed by atoms with Gasteiger partial charge in [-0.05, 0) is 54.1 Å². The summed E-state index contributed by atoms with van der Waals surface area (Å²) < 4.78 is 27.9. The van der Waals surface area contributed by atoms with Crippen LogP contribution >= 0.6 is 0 Å². The van der Waals surface area contributed by atoms with Crippen LogP contribution in [0.1, 0.15) is 15.9 Å². The highest BCUT2D eigenvalue weighted by Gasteiger charge is 2.16. The van der Waals surface area contributed by atoms with Crippen LogP contribution in [0.2, 0.25) is 0 Å². The monoisotopic (exact) mass is 453 g/mol. The van der Waals surface area contributed by atoms with E-state index in [-0.39, 0.29) is 16.5 Å². The first kappa shape index (κ1) is 22.8. The smallest absolute Gasteiger partial charge is 0.319 e. The molecule has 0 bridgehead atoms. The van der Waals surface area contributed by atoms with Gasteiger partial charge in [0.25, 0.3) is 15.9 Å². The summed E-state index contributed by atoms with van der Waals surface area (Å²) in [5, 5.41) is 5.34. The normalized spacial score (nSPS) is 10.8. The quantitative estimate of drug-likeness (QED) is 0.508. The second-order valence-electron chi connectivity index (χ2n) is 7.08. The summed E-state index contributed by atoms with van der Waals surface area (Å²) in [5.41, 5.74) is 1.93. The number of nitrogens with zero attached hydrogens (tertiary/aromatic N) is 2. The average molecular weight is 454 g/mol. The van der Waals surface area contributed by atoms with Crippen LogP contribution in [-0.4, -0.2) is 44.3 Å². The molecule has 9 nitrogen and oxygen atoms in total. The van der Waals surface area contributed by atoms with Gasteiger partial charge in [-0.15, -0.1) is 0 Å². The molecule has 0 unspecified atom stereocenters. The van der Waals surface area contributed by atoms with Gasteiger partial charge in [0, 0.05) is 50.0 Å². The Morgan fingerprint density at radius 2 is 1.72 bits per heavy atom. The van der Waals surface area contributed by atoms with E-state index in [9.17, 15) is 18.0 Å². The highest BCUT2D eigenvalue weighted by Crippen LogP contribution is 2.19. The largest absolute Gasteiger partial charge is 0.345 e. The molecule has 166 valence electrons. The van der Waals surface area contributed by atoms with Gasteiger partial charge in [-0.2, -0.15) is 0 Å². The number of anilines is 2. The Morgan fingerprint density at radius 3 is 2.38 bits per heavy atom. The Morgan fingerprint density at radius 1 is 0.969 bits per heavy atom. The number of carbonyl (C=O) groups excluding carboxylic acids is 2. The molecule has 0 spiro atoms. The number of aromatic nitrogens is 1. The van der Waals surface area contributed by atoms with Crippen molar-refractivity contribution in [2.24, 2.45) is 0 Å². The minimum atomic E-state index is -3.88. The van der Waals surface area contributed by atoms with Crippen LogP contribution in [-0.2, 0) is 16.6 Å². The molecule has 3 aromatic rings. The van der Waals surface area contributed by atoms with Crippen LogP contribution in [0.4, 0.5) is 16.2 Å². The van der Waals surface area contributed by atoms with Crippen LogP contribution < -0.4 is 15.4 Å². The maximum absolute atomic E-state index is 12.7. The third-order valence-corrected chi connectivity index (χ3v) is 5.76. The molecule has 0 aliphatic carbocycles. The van der Waals surface area contributed by atoms with Gasteiger partial charge in [-0.25, -0.2) is 13.2 Å². The van der Waals surface area contributed by atoms with E-state index in [1.165, 1.54) is 35.2 Å². The molecule has 1 heterocycles. The minimum Gasteiger partial charge on any atom is -0.345 e. The fourth-order valence-corrected chi connectivity index (χ4v) is 3.82. The highest BCUT2D eigenvalue weighted by atomic mass is 32.2. The Balaban J connectivity index is 1.62. The molecule has 3 N–H and O–H groups in total. The van der Waals surface area contributed by atoms with E-state index in [1.807, 2.05) is 6.07 Å². The van der Waals surface area contributed by atoms with Crippen molar-refractivity contribution in [3.8, 4) is 0 Å². The molecule has 0 atom stereocenters. The lowest BCUT2D eigenvalue weighted by Crippen LogP contribution is -2.28. The van der Waals surface area contributed by atoms with E-state index in [0.717, 1.165) is 5.56 Å². The van der Waals surface area contributed by atoms with Crippen molar-refractivity contribution < 1.29 is 18.0 Å². The van der Waals surface area contributed by atoms with Crippen LogP contribution in [0, 0.1) is 0 Å². The van der Waals surface area contributed by atoms with Gasteiger partial charge in [0.05, 0.1) is 4.90 Å². The van der Waals surface area contributed by atoms with Crippen LogP contribution in [0.5, 0.6) is 0 Å². The molecule has 0 saturated heterocycles. The number of amides is 3. The van der Waals surface area contributed by atoms with E-state index in [1.54, 1.807) is 50.8 Å². The summed E-state index contributed by atoms with van der Waals surface area (Å²) in [7, 11) is -0.640. The lowest BCUT2D eigenvalue weighted by Gasteiger charge is -2.13. The highest BCUT2D eigenvalue weighted by molar-refractivity contribution is 7.92. The van der Waals surface area contributed by atoms with Gasteiger partial charge in [-0.1, -0.05) is 12.1 Å². The summed E-state index contributed by atoms with van der Waals surface area (Å²) in [6, 6.07) is 15.2. The van der Waals surface area contributed by atoms with Crippen molar-refractivity contribution in [2.45, 2.75) is 11.4 Å². The predicted molar refractivity (Wildman–Crippen MR) is 122 cm³/mol. The second-order valence-corrected chi connectivity index (χ2v) is 8.76. The van der Waals surface area contributed by atoms with Gasteiger partial charge < -0.3 is 15.5 Å². The van der Waals surface area contributed by atoms with Crippen LogP contribution in [0.15, 0.2) is 78.0 Å². The number of urea groups is 1. The molecule has 1 aromatic heterocycles. The predicted octanol–water partition coefficient (Wildman–Crippen LogP) is 2.91. The molecule has 10 heteroatoms. The molecule has 0 radical (unpaired) electrons. The van der Waals surface area contributed by atoms with E-state index in [2.05, 4.69) is 20.3 Å². The van der Waals surface area contributed by atoms with E-state index >= 15 is 0 Å². The molecule has 0 aliphatic heterocycles. The fraction of sp³-hybridized carbons (Fsp3) is 0.136. The SMILES string of the molecule is CN(C)C(=O)c1cccc(NS(=O)(=O)c2ccc(NC(=O)NCc3cccnc3)cc2)c1. The molecule has 0 fully saturated rings. The standard InChI is InChI=1S/C22H23N5O4S/c1-27(2)21(28)17-6-3-7-19(13-17)26-32(30,31)20-10-8-18(9-11-20)25-22(29)24-15-16-5-4-12-23-14-16/h3-14,26H,15H2,1-2H3,(H2,24,25,29).